The molecule has 0 aromatic heterocycles. The summed E-state index contributed by atoms with van der Waals surface area (Å²) in [5.74, 6) is -0.958. The van der Waals surface area contributed by atoms with E-state index in [1.165, 1.54) is 6.07 Å². The van der Waals surface area contributed by atoms with Gasteiger partial charge in [0.25, 0.3) is 5.91 Å². The second-order valence-electron chi connectivity index (χ2n) is 5.67. The van der Waals surface area contributed by atoms with E-state index in [0.29, 0.717) is 11.1 Å². The standard InChI is InChI=1S/C19H16N2O3/c20-12-13-5-4-8-15(11-13)19(23)24-17(14-6-2-1-3-7-14)18(22)21-16-9-10-16/h1-8,11,16-17H,9-10H2,(H,21,22)/t17-/m0/s1. The summed E-state index contributed by atoms with van der Waals surface area (Å²) in [6.07, 6.45) is 0.890. The molecule has 120 valence electrons. The maximum absolute atomic E-state index is 12.4. The van der Waals surface area contributed by atoms with Gasteiger partial charge in [-0.1, -0.05) is 36.4 Å². The van der Waals surface area contributed by atoms with E-state index in [2.05, 4.69) is 5.32 Å². The Morgan fingerprint density at radius 1 is 1.12 bits per heavy atom. The molecule has 1 aliphatic carbocycles. The monoisotopic (exact) mass is 320 g/mol. The van der Waals surface area contributed by atoms with Crippen molar-refractivity contribution in [2.24, 2.45) is 0 Å². The summed E-state index contributed by atoms with van der Waals surface area (Å²) in [6, 6.07) is 17.3. The van der Waals surface area contributed by atoms with Crippen LogP contribution in [0, 0.1) is 11.3 Å². The van der Waals surface area contributed by atoms with E-state index in [0.717, 1.165) is 12.8 Å². The molecule has 0 saturated heterocycles. The molecule has 0 aliphatic heterocycles. The Morgan fingerprint density at radius 3 is 2.54 bits per heavy atom. The molecule has 5 nitrogen and oxygen atoms in total. The van der Waals surface area contributed by atoms with Crippen LogP contribution in [0.1, 0.15) is 40.4 Å². The van der Waals surface area contributed by atoms with Gasteiger partial charge < -0.3 is 10.1 Å². The lowest BCUT2D eigenvalue weighted by Crippen LogP contribution is -2.33. The quantitative estimate of drug-likeness (QED) is 0.859. The molecule has 0 spiro atoms. The van der Waals surface area contributed by atoms with Crippen molar-refractivity contribution in [2.75, 3.05) is 0 Å². The van der Waals surface area contributed by atoms with Gasteiger partial charge in [0.05, 0.1) is 17.2 Å². The first-order valence-electron chi connectivity index (χ1n) is 7.74. The molecule has 1 saturated carbocycles. The molecule has 0 heterocycles. The lowest BCUT2D eigenvalue weighted by molar-refractivity contribution is -0.130. The third-order valence-corrected chi connectivity index (χ3v) is 3.72. The highest BCUT2D eigenvalue weighted by Gasteiger charge is 2.31. The van der Waals surface area contributed by atoms with Gasteiger partial charge in [-0.3, -0.25) is 4.79 Å². The lowest BCUT2D eigenvalue weighted by atomic mass is 10.1. The van der Waals surface area contributed by atoms with E-state index in [1.54, 1.807) is 42.5 Å². The Labute approximate surface area is 139 Å². The normalized spacial score (nSPS) is 14.3. The molecule has 1 N–H and O–H groups in total. The second kappa shape index (κ2) is 6.97. The maximum Gasteiger partial charge on any atom is 0.339 e. The van der Waals surface area contributed by atoms with Gasteiger partial charge in [-0.25, -0.2) is 4.79 Å². The summed E-state index contributed by atoms with van der Waals surface area (Å²) < 4.78 is 5.45. The number of nitrogens with one attached hydrogen (secondary N) is 1. The number of hydrogen-bond acceptors (Lipinski definition) is 4. The van der Waals surface area contributed by atoms with Crippen LogP contribution in [0.25, 0.3) is 0 Å². The van der Waals surface area contributed by atoms with Crippen molar-refractivity contribution in [3.05, 3.63) is 71.3 Å². The van der Waals surface area contributed by atoms with Gasteiger partial charge in [-0.15, -0.1) is 0 Å². The number of ether oxygens (including phenoxy) is 1. The summed E-state index contributed by atoms with van der Waals surface area (Å²) in [6.45, 7) is 0. The zero-order valence-electron chi connectivity index (χ0n) is 12.9. The van der Waals surface area contributed by atoms with E-state index >= 15 is 0 Å². The minimum atomic E-state index is -1.01. The van der Waals surface area contributed by atoms with Crippen molar-refractivity contribution in [2.45, 2.75) is 25.0 Å². The fourth-order valence-electron chi connectivity index (χ4n) is 2.30. The Morgan fingerprint density at radius 2 is 1.88 bits per heavy atom. The van der Waals surface area contributed by atoms with Crippen LogP contribution < -0.4 is 5.32 Å². The molecular formula is C19H16N2O3. The van der Waals surface area contributed by atoms with Gasteiger partial charge in [-0.05, 0) is 31.0 Å². The van der Waals surface area contributed by atoms with Gasteiger partial charge in [0.15, 0.2) is 0 Å². The van der Waals surface area contributed by atoms with Crippen LogP contribution in [0.15, 0.2) is 54.6 Å². The van der Waals surface area contributed by atoms with E-state index < -0.39 is 12.1 Å². The first-order chi connectivity index (χ1) is 11.7. The predicted molar refractivity (Wildman–Crippen MR) is 86.9 cm³/mol. The number of carbonyl (C=O) groups is 2. The molecule has 1 aliphatic rings. The first kappa shape index (κ1) is 15.8. The van der Waals surface area contributed by atoms with Gasteiger partial charge in [-0.2, -0.15) is 5.26 Å². The molecule has 2 aromatic rings. The van der Waals surface area contributed by atoms with E-state index in [9.17, 15) is 9.59 Å². The molecule has 3 rings (SSSR count). The average Bonchev–Trinajstić information content (AvgIpc) is 3.44. The summed E-state index contributed by atoms with van der Waals surface area (Å²) in [5, 5.41) is 11.8. The highest BCUT2D eigenvalue weighted by atomic mass is 16.5. The third kappa shape index (κ3) is 3.79. The molecule has 0 radical (unpaired) electrons. The Balaban J connectivity index is 1.81. The molecule has 2 aromatic carbocycles. The SMILES string of the molecule is N#Cc1cccc(C(=O)O[C@H](C(=O)NC2CC2)c2ccccc2)c1. The van der Waals surface area contributed by atoms with Crippen molar-refractivity contribution >= 4 is 11.9 Å². The smallest absolute Gasteiger partial charge is 0.339 e. The van der Waals surface area contributed by atoms with Crippen molar-refractivity contribution < 1.29 is 14.3 Å². The molecule has 5 heteroatoms. The maximum atomic E-state index is 12.4. The zero-order valence-corrected chi connectivity index (χ0v) is 12.9. The second-order valence-corrected chi connectivity index (χ2v) is 5.67. The molecule has 1 atom stereocenters. The summed E-state index contributed by atoms with van der Waals surface area (Å²) >= 11 is 0. The molecule has 0 bridgehead atoms. The van der Waals surface area contributed by atoms with Crippen molar-refractivity contribution in [3.63, 3.8) is 0 Å². The average molecular weight is 320 g/mol. The summed E-state index contributed by atoms with van der Waals surface area (Å²) in [5.41, 5.74) is 1.22. The fourth-order valence-corrected chi connectivity index (χ4v) is 2.30. The summed E-state index contributed by atoms with van der Waals surface area (Å²) in [7, 11) is 0. The van der Waals surface area contributed by atoms with Gasteiger partial charge in [0, 0.05) is 11.6 Å². The van der Waals surface area contributed by atoms with E-state index in [1.807, 2.05) is 12.1 Å². The van der Waals surface area contributed by atoms with Crippen LogP contribution in [0.5, 0.6) is 0 Å². The van der Waals surface area contributed by atoms with Gasteiger partial charge >= 0.3 is 5.97 Å². The minimum Gasteiger partial charge on any atom is -0.444 e. The van der Waals surface area contributed by atoms with Crippen LogP contribution in [0.2, 0.25) is 0 Å². The number of nitriles is 1. The topological polar surface area (TPSA) is 79.2 Å². The number of hydrogen-bond donors (Lipinski definition) is 1. The van der Waals surface area contributed by atoms with Crippen molar-refractivity contribution in [3.8, 4) is 6.07 Å². The number of amides is 1. The van der Waals surface area contributed by atoms with E-state index in [-0.39, 0.29) is 17.5 Å². The number of rotatable bonds is 5. The van der Waals surface area contributed by atoms with Crippen LogP contribution in [-0.2, 0) is 9.53 Å². The first-order valence-corrected chi connectivity index (χ1v) is 7.74. The zero-order chi connectivity index (χ0) is 16.9. The molecule has 1 fully saturated rings. The Kier molecular flexibility index (Phi) is 4.57. The Hall–Kier alpha value is -3.13. The highest BCUT2D eigenvalue weighted by molar-refractivity contribution is 5.93. The van der Waals surface area contributed by atoms with Gasteiger partial charge in [0.1, 0.15) is 0 Å². The molecule has 24 heavy (non-hydrogen) atoms. The van der Waals surface area contributed by atoms with Crippen LogP contribution in [-0.4, -0.2) is 17.9 Å². The molecule has 0 unspecified atom stereocenters. The summed E-state index contributed by atoms with van der Waals surface area (Å²) in [4.78, 5) is 24.8. The predicted octanol–water partition coefficient (Wildman–Crippen LogP) is 2.73. The highest BCUT2D eigenvalue weighted by Crippen LogP contribution is 2.24. The molecular weight excluding hydrogens is 304 g/mol. The van der Waals surface area contributed by atoms with Crippen LogP contribution in [0.3, 0.4) is 0 Å². The van der Waals surface area contributed by atoms with Crippen molar-refractivity contribution in [1.82, 2.24) is 5.32 Å². The molecule has 1 amide bonds. The number of carbonyl (C=O) groups excluding carboxylic acids is 2. The van der Waals surface area contributed by atoms with Crippen LogP contribution in [0.4, 0.5) is 0 Å². The lowest BCUT2D eigenvalue weighted by Gasteiger charge is -2.18. The number of esters is 1. The van der Waals surface area contributed by atoms with Gasteiger partial charge in [0.2, 0.25) is 6.10 Å². The Bertz CT molecular complexity index is 792. The van der Waals surface area contributed by atoms with Crippen LogP contribution >= 0.6 is 0 Å². The number of benzene rings is 2. The largest absolute Gasteiger partial charge is 0.444 e. The third-order valence-electron chi connectivity index (χ3n) is 3.72. The number of nitrogens with zero attached hydrogens (tertiary/aromatic N) is 1. The van der Waals surface area contributed by atoms with Crippen molar-refractivity contribution in [1.29, 1.82) is 5.26 Å². The van der Waals surface area contributed by atoms with E-state index in [4.69, 9.17) is 10.00 Å². The fraction of sp³-hybridized carbons (Fsp3) is 0.211. The minimum absolute atomic E-state index is 0.171.